The molecule has 0 bridgehead atoms. The minimum Gasteiger partial charge on any atom is -0.493 e. The van der Waals surface area contributed by atoms with E-state index in [1.165, 1.54) is 106 Å². The summed E-state index contributed by atoms with van der Waals surface area (Å²) in [5, 5.41) is 0. The SMILES string of the molecule is CCc1cc(-c2ccc(C3CCC(CCC4CCC(C)CC4)CC3)cc2CC)ccc1OCCC(CC)(CC)CC. The molecule has 0 unspecified atom stereocenters. The molecule has 2 saturated carbocycles. The number of rotatable bonds is 14. The van der Waals surface area contributed by atoms with Crippen molar-refractivity contribution in [3.8, 4) is 16.9 Å². The van der Waals surface area contributed by atoms with Crippen molar-refractivity contribution in [1.82, 2.24) is 0 Å². The lowest BCUT2D eigenvalue weighted by atomic mass is 9.74. The summed E-state index contributed by atoms with van der Waals surface area (Å²) in [6.07, 6.45) is 21.5. The van der Waals surface area contributed by atoms with Crippen LogP contribution in [0.4, 0.5) is 0 Å². The smallest absolute Gasteiger partial charge is 0.122 e. The second kappa shape index (κ2) is 15.6. The lowest BCUT2D eigenvalue weighted by molar-refractivity contribution is 0.173. The average molecular weight is 559 g/mol. The molecule has 0 spiro atoms. The molecule has 1 nitrogen and oxygen atoms in total. The minimum atomic E-state index is 0.428. The summed E-state index contributed by atoms with van der Waals surface area (Å²) in [5.41, 5.74) is 7.62. The Morgan fingerprint density at radius 3 is 1.88 bits per heavy atom. The molecule has 228 valence electrons. The summed E-state index contributed by atoms with van der Waals surface area (Å²) >= 11 is 0. The Kier molecular flexibility index (Phi) is 12.3. The third-order valence-corrected chi connectivity index (χ3v) is 11.8. The Labute approximate surface area is 254 Å². The van der Waals surface area contributed by atoms with Crippen molar-refractivity contribution in [2.75, 3.05) is 6.61 Å². The van der Waals surface area contributed by atoms with E-state index < -0.39 is 0 Å². The average Bonchev–Trinajstić information content (AvgIpc) is 3.03. The van der Waals surface area contributed by atoms with Crippen molar-refractivity contribution in [3.05, 3.63) is 53.1 Å². The summed E-state index contributed by atoms with van der Waals surface area (Å²) in [5.74, 6) is 4.82. The van der Waals surface area contributed by atoms with Gasteiger partial charge in [0, 0.05) is 0 Å². The largest absolute Gasteiger partial charge is 0.493 e. The molecule has 0 aliphatic heterocycles. The topological polar surface area (TPSA) is 9.23 Å². The van der Waals surface area contributed by atoms with E-state index in [0.29, 0.717) is 5.41 Å². The molecule has 0 saturated heterocycles. The molecule has 4 rings (SSSR count). The van der Waals surface area contributed by atoms with Crippen molar-refractivity contribution in [3.63, 3.8) is 0 Å². The van der Waals surface area contributed by atoms with Crippen molar-refractivity contribution in [2.45, 2.75) is 150 Å². The molecule has 0 aromatic heterocycles. The highest BCUT2D eigenvalue weighted by atomic mass is 16.5. The molecule has 0 heterocycles. The second-order valence-corrected chi connectivity index (χ2v) is 14.0. The zero-order valence-corrected chi connectivity index (χ0v) is 27.7. The molecule has 0 amide bonds. The molecule has 41 heavy (non-hydrogen) atoms. The molecule has 0 atom stereocenters. The van der Waals surface area contributed by atoms with E-state index in [-0.39, 0.29) is 0 Å². The fraction of sp³-hybridized carbons (Fsp3) is 0.700. The first-order valence-corrected chi connectivity index (χ1v) is 17.8. The van der Waals surface area contributed by atoms with Gasteiger partial charge in [-0.05, 0) is 114 Å². The van der Waals surface area contributed by atoms with E-state index >= 15 is 0 Å². The van der Waals surface area contributed by atoms with Crippen LogP contribution in [0.1, 0.15) is 154 Å². The Hall–Kier alpha value is -1.76. The van der Waals surface area contributed by atoms with Crippen LogP contribution in [0, 0.1) is 23.2 Å². The Balaban J connectivity index is 1.35. The van der Waals surface area contributed by atoms with Crippen molar-refractivity contribution >= 4 is 0 Å². The first-order chi connectivity index (χ1) is 19.9. The third-order valence-electron chi connectivity index (χ3n) is 11.8. The lowest BCUT2D eigenvalue weighted by Crippen LogP contribution is -2.21. The lowest BCUT2D eigenvalue weighted by Gasteiger charge is -2.31. The summed E-state index contributed by atoms with van der Waals surface area (Å²) < 4.78 is 6.40. The third kappa shape index (κ3) is 8.42. The van der Waals surface area contributed by atoms with E-state index in [9.17, 15) is 0 Å². The van der Waals surface area contributed by atoms with Gasteiger partial charge in [-0.25, -0.2) is 0 Å². The Morgan fingerprint density at radius 2 is 1.29 bits per heavy atom. The Bertz CT molecular complexity index is 1040. The van der Waals surface area contributed by atoms with Gasteiger partial charge < -0.3 is 4.74 Å². The van der Waals surface area contributed by atoms with Gasteiger partial charge in [0.2, 0.25) is 0 Å². The van der Waals surface area contributed by atoms with Crippen molar-refractivity contribution in [2.24, 2.45) is 23.2 Å². The van der Waals surface area contributed by atoms with Gasteiger partial charge in [-0.15, -0.1) is 0 Å². The maximum Gasteiger partial charge on any atom is 0.122 e. The van der Waals surface area contributed by atoms with Crippen molar-refractivity contribution in [1.29, 1.82) is 0 Å². The van der Waals surface area contributed by atoms with Gasteiger partial charge in [-0.2, -0.15) is 0 Å². The maximum atomic E-state index is 6.40. The van der Waals surface area contributed by atoms with E-state index in [0.717, 1.165) is 55.3 Å². The summed E-state index contributed by atoms with van der Waals surface area (Å²) in [4.78, 5) is 0. The van der Waals surface area contributed by atoms with Crippen LogP contribution in [0.5, 0.6) is 5.75 Å². The molecule has 0 N–H and O–H groups in total. The summed E-state index contributed by atoms with van der Waals surface area (Å²) in [7, 11) is 0. The van der Waals surface area contributed by atoms with Crippen LogP contribution in [0.15, 0.2) is 36.4 Å². The van der Waals surface area contributed by atoms with Gasteiger partial charge in [-0.1, -0.05) is 124 Å². The molecule has 2 aliphatic carbocycles. The standard InChI is InChI=1S/C40H62O/c1-7-33-28-36(35-20-18-32(19-21-35)17-16-31-14-12-30(6)13-15-31)22-24-38(33)37-23-25-39(34(8-2)29-37)41-27-26-40(9-3,10-4)11-5/h22-25,28-32,35H,7-21,26-27H2,1-6H3. The predicted octanol–water partition coefficient (Wildman–Crippen LogP) is 12.3. The van der Waals surface area contributed by atoms with Crippen LogP contribution >= 0.6 is 0 Å². The molecular formula is C40H62O. The number of benzene rings is 2. The van der Waals surface area contributed by atoms with E-state index in [1.807, 2.05) is 0 Å². The first-order valence-electron chi connectivity index (χ1n) is 17.8. The predicted molar refractivity (Wildman–Crippen MR) is 179 cm³/mol. The van der Waals surface area contributed by atoms with E-state index in [1.54, 1.807) is 5.56 Å². The molecule has 2 aromatic carbocycles. The second-order valence-electron chi connectivity index (χ2n) is 14.0. The number of aryl methyl sites for hydroxylation is 2. The number of ether oxygens (including phenoxy) is 1. The summed E-state index contributed by atoms with van der Waals surface area (Å²) in [6, 6.07) is 14.4. The zero-order chi connectivity index (χ0) is 29.2. The van der Waals surface area contributed by atoms with Crippen LogP contribution in [0.3, 0.4) is 0 Å². The molecule has 0 radical (unpaired) electrons. The maximum absolute atomic E-state index is 6.40. The van der Waals surface area contributed by atoms with E-state index in [4.69, 9.17) is 4.74 Å². The quantitative estimate of drug-likeness (QED) is 0.224. The molecule has 2 aliphatic rings. The van der Waals surface area contributed by atoms with E-state index in [2.05, 4.69) is 77.9 Å². The highest BCUT2D eigenvalue weighted by Gasteiger charge is 2.26. The van der Waals surface area contributed by atoms with Crippen molar-refractivity contribution < 1.29 is 4.74 Å². The monoisotopic (exact) mass is 558 g/mol. The van der Waals surface area contributed by atoms with Gasteiger partial charge >= 0.3 is 0 Å². The molecular weight excluding hydrogens is 496 g/mol. The zero-order valence-electron chi connectivity index (χ0n) is 27.7. The van der Waals surface area contributed by atoms with Crippen LogP contribution in [0.25, 0.3) is 11.1 Å². The first kappa shape index (κ1) is 32.2. The fourth-order valence-electron chi connectivity index (χ4n) is 8.14. The van der Waals surface area contributed by atoms with Gasteiger partial charge in [0.25, 0.3) is 0 Å². The molecule has 2 fully saturated rings. The van der Waals surface area contributed by atoms with Gasteiger partial charge in [-0.3, -0.25) is 0 Å². The van der Waals surface area contributed by atoms with Gasteiger partial charge in [0.15, 0.2) is 0 Å². The Morgan fingerprint density at radius 1 is 0.683 bits per heavy atom. The highest BCUT2D eigenvalue weighted by Crippen LogP contribution is 2.41. The highest BCUT2D eigenvalue weighted by molar-refractivity contribution is 5.70. The molecule has 1 heteroatoms. The van der Waals surface area contributed by atoms with Crippen LogP contribution in [-0.2, 0) is 12.8 Å². The van der Waals surface area contributed by atoms with Gasteiger partial charge in [0.1, 0.15) is 5.75 Å². The van der Waals surface area contributed by atoms with Crippen LogP contribution in [0.2, 0.25) is 0 Å². The molecule has 2 aromatic rings. The minimum absolute atomic E-state index is 0.428. The number of hydrogen-bond acceptors (Lipinski definition) is 1. The van der Waals surface area contributed by atoms with Crippen LogP contribution in [-0.4, -0.2) is 6.61 Å². The van der Waals surface area contributed by atoms with Gasteiger partial charge in [0.05, 0.1) is 6.61 Å². The normalized spacial score (nSPS) is 23.5. The number of hydrogen-bond donors (Lipinski definition) is 0. The van der Waals surface area contributed by atoms with Crippen LogP contribution < -0.4 is 4.74 Å². The fourth-order valence-corrected chi connectivity index (χ4v) is 8.14. The summed E-state index contributed by atoms with van der Waals surface area (Å²) in [6.45, 7) is 14.8.